The standard InChI is InChI=1S/C22H32N2O4/c1-16(2)9-11-22(21(27)28)15-23(13-10-19(22)25)14-17-5-7-18(8-6-17)24-12-3-4-20(24)26/h5-8,16,19,25H,3-4,9-15H2,1-2H3,(H,27,28)/t19-,22-/m1/s1. The lowest BCUT2D eigenvalue weighted by molar-refractivity contribution is -0.165. The Bertz CT molecular complexity index is 703. The first-order chi connectivity index (χ1) is 13.3. The average Bonchev–Trinajstić information content (AvgIpc) is 3.08. The number of aliphatic hydroxyl groups is 1. The first kappa shape index (κ1) is 20.8. The number of rotatable bonds is 7. The molecule has 1 aromatic carbocycles. The fraction of sp³-hybridized carbons (Fsp3) is 0.636. The third kappa shape index (κ3) is 4.39. The largest absolute Gasteiger partial charge is 0.481 e. The molecule has 2 fully saturated rings. The van der Waals surface area contributed by atoms with Crippen molar-refractivity contribution in [2.45, 2.75) is 58.6 Å². The van der Waals surface area contributed by atoms with Crippen LogP contribution < -0.4 is 4.90 Å². The average molecular weight is 389 g/mol. The molecule has 2 saturated heterocycles. The van der Waals surface area contributed by atoms with Crippen molar-refractivity contribution in [3.8, 4) is 0 Å². The van der Waals surface area contributed by atoms with E-state index in [9.17, 15) is 19.8 Å². The van der Waals surface area contributed by atoms with E-state index in [-0.39, 0.29) is 5.91 Å². The Morgan fingerprint density at radius 1 is 1.25 bits per heavy atom. The highest BCUT2D eigenvalue weighted by Crippen LogP contribution is 2.37. The van der Waals surface area contributed by atoms with Gasteiger partial charge in [-0.25, -0.2) is 0 Å². The molecule has 6 nitrogen and oxygen atoms in total. The molecular formula is C22H32N2O4. The third-order valence-corrected chi connectivity index (χ3v) is 6.18. The molecule has 1 aromatic rings. The Morgan fingerprint density at radius 2 is 1.96 bits per heavy atom. The van der Waals surface area contributed by atoms with E-state index in [0.29, 0.717) is 44.8 Å². The Labute approximate surface area is 167 Å². The number of carboxylic acid groups (broad SMARTS) is 1. The van der Waals surface area contributed by atoms with Crippen molar-refractivity contribution in [3.63, 3.8) is 0 Å². The Morgan fingerprint density at radius 3 is 2.54 bits per heavy atom. The van der Waals surface area contributed by atoms with Crippen LogP contribution in [-0.2, 0) is 16.1 Å². The summed E-state index contributed by atoms with van der Waals surface area (Å²) >= 11 is 0. The predicted molar refractivity (Wildman–Crippen MR) is 108 cm³/mol. The monoisotopic (exact) mass is 388 g/mol. The lowest BCUT2D eigenvalue weighted by Crippen LogP contribution is -2.55. The van der Waals surface area contributed by atoms with Gasteiger partial charge in [0.15, 0.2) is 0 Å². The zero-order valence-corrected chi connectivity index (χ0v) is 16.9. The minimum absolute atomic E-state index is 0.175. The molecule has 0 bridgehead atoms. The van der Waals surface area contributed by atoms with Gasteiger partial charge < -0.3 is 15.1 Å². The van der Waals surface area contributed by atoms with E-state index >= 15 is 0 Å². The van der Waals surface area contributed by atoms with E-state index in [1.807, 2.05) is 29.2 Å². The molecule has 2 atom stereocenters. The second-order valence-electron chi connectivity index (χ2n) is 8.72. The maximum Gasteiger partial charge on any atom is 0.313 e. The fourth-order valence-corrected chi connectivity index (χ4v) is 4.37. The van der Waals surface area contributed by atoms with Crippen molar-refractivity contribution < 1.29 is 19.8 Å². The van der Waals surface area contributed by atoms with E-state index in [2.05, 4.69) is 18.7 Å². The number of carbonyl (C=O) groups excluding carboxylic acids is 1. The summed E-state index contributed by atoms with van der Waals surface area (Å²) in [6.07, 6.45) is 2.48. The SMILES string of the molecule is CC(C)CC[C@@]1(C(=O)O)CN(Cc2ccc(N3CCCC3=O)cc2)CC[C@H]1O. The van der Waals surface area contributed by atoms with Gasteiger partial charge in [0.2, 0.25) is 5.91 Å². The van der Waals surface area contributed by atoms with Crippen LogP contribution in [0.15, 0.2) is 24.3 Å². The minimum Gasteiger partial charge on any atom is -0.481 e. The van der Waals surface area contributed by atoms with Crippen molar-refractivity contribution in [3.05, 3.63) is 29.8 Å². The predicted octanol–water partition coefficient (Wildman–Crippen LogP) is 2.89. The third-order valence-electron chi connectivity index (χ3n) is 6.18. The van der Waals surface area contributed by atoms with Crippen molar-refractivity contribution in [2.24, 2.45) is 11.3 Å². The summed E-state index contributed by atoms with van der Waals surface area (Å²) < 4.78 is 0. The van der Waals surface area contributed by atoms with Crippen molar-refractivity contribution in [1.29, 1.82) is 0 Å². The highest BCUT2D eigenvalue weighted by atomic mass is 16.4. The number of nitrogens with zero attached hydrogens (tertiary/aromatic N) is 2. The summed E-state index contributed by atoms with van der Waals surface area (Å²) in [5.74, 6) is -0.318. The quantitative estimate of drug-likeness (QED) is 0.751. The number of hydrogen-bond donors (Lipinski definition) is 2. The summed E-state index contributed by atoms with van der Waals surface area (Å²) in [6.45, 7) is 6.63. The van der Waals surface area contributed by atoms with Gasteiger partial charge in [-0.3, -0.25) is 14.5 Å². The molecule has 0 unspecified atom stereocenters. The molecule has 28 heavy (non-hydrogen) atoms. The van der Waals surface area contributed by atoms with Gasteiger partial charge in [-0.1, -0.05) is 26.0 Å². The Balaban J connectivity index is 1.68. The number of hydrogen-bond acceptors (Lipinski definition) is 4. The highest BCUT2D eigenvalue weighted by Gasteiger charge is 2.48. The number of piperidine rings is 1. The molecule has 1 amide bonds. The summed E-state index contributed by atoms with van der Waals surface area (Å²) in [7, 11) is 0. The van der Waals surface area contributed by atoms with E-state index in [0.717, 1.165) is 30.6 Å². The molecule has 0 saturated carbocycles. The van der Waals surface area contributed by atoms with Crippen LogP contribution in [0.4, 0.5) is 5.69 Å². The lowest BCUT2D eigenvalue weighted by Gasteiger charge is -2.43. The smallest absolute Gasteiger partial charge is 0.313 e. The van der Waals surface area contributed by atoms with E-state index in [1.165, 1.54) is 0 Å². The van der Waals surface area contributed by atoms with Gasteiger partial charge >= 0.3 is 5.97 Å². The second-order valence-corrected chi connectivity index (χ2v) is 8.72. The molecule has 154 valence electrons. The number of benzene rings is 1. The van der Waals surface area contributed by atoms with Gasteiger partial charge in [0, 0.05) is 38.3 Å². The molecule has 0 spiro atoms. The number of aliphatic hydroxyl groups excluding tert-OH is 1. The molecule has 2 N–H and O–H groups in total. The van der Waals surface area contributed by atoms with Gasteiger partial charge in [-0.05, 0) is 49.3 Å². The van der Waals surface area contributed by atoms with Crippen LogP contribution in [0.3, 0.4) is 0 Å². The van der Waals surface area contributed by atoms with E-state index in [1.54, 1.807) is 0 Å². The number of amides is 1. The summed E-state index contributed by atoms with van der Waals surface area (Å²) in [6, 6.07) is 7.98. The number of carbonyl (C=O) groups is 2. The molecule has 2 aliphatic rings. The molecule has 0 aliphatic carbocycles. The number of likely N-dealkylation sites (tertiary alicyclic amines) is 1. The number of anilines is 1. The molecule has 2 heterocycles. The fourth-order valence-electron chi connectivity index (χ4n) is 4.37. The van der Waals surface area contributed by atoms with Crippen molar-refractivity contribution >= 4 is 17.6 Å². The van der Waals surface area contributed by atoms with Crippen molar-refractivity contribution in [1.82, 2.24) is 4.90 Å². The maximum absolute atomic E-state index is 12.1. The van der Waals surface area contributed by atoms with Crippen LogP contribution in [0.2, 0.25) is 0 Å². The molecule has 0 radical (unpaired) electrons. The summed E-state index contributed by atoms with van der Waals surface area (Å²) in [4.78, 5) is 27.9. The molecule has 6 heteroatoms. The number of carboxylic acids is 1. The normalized spacial score (nSPS) is 26.2. The van der Waals surface area contributed by atoms with Crippen LogP contribution in [-0.4, -0.2) is 52.7 Å². The first-order valence-corrected chi connectivity index (χ1v) is 10.3. The van der Waals surface area contributed by atoms with Gasteiger partial charge in [-0.15, -0.1) is 0 Å². The van der Waals surface area contributed by atoms with Crippen LogP contribution in [0.25, 0.3) is 0 Å². The van der Waals surface area contributed by atoms with Crippen LogP contribution in [0.5, 0.6) is 0 Å². The maximum atomic E-state index is 12.1. The molecule has 0 aromatic heterocycles. The topological polar surface area (TPSA) is 81.1 Å². The van der Waals surface area contributed by atoms with Gasteiger partial charge in [0.25, 0.3) is 0 Å². The van der Waals surface area contributed by atoms with Gasteiger partial charge in [-0.2, -0.15) is 0 Å². The lowest BCUT2D eigenvalue weighted by atomic mass is 9.72. The molecule has 3 rings (SSSR count). The zero-order valence-electron chi connectivity index (χ0n) is 16.9. The first-order valence-electron chi connectivity index (χ1n) is 10.3. The highest BCUT2D eigenvalue weighted by molar-refractivity contribution is 5.95. The molecule has 2 aliphatic heterocycles. The zero-order chi connectivity index (χ0) is 20.3. The van der Waals surface area contributed by atoms with Gasteiger partial charge in [0.1, 0.15) is 5.41 Å². The molecular weight excluding hydrogens is 356 g/mol. The van der Waals surface area contributed by atoms with Crippen LogP contribution in [0.1, 0.15) is 51.5 Å². The number of aliphatic carboxylic acids is 1. The Kier molecular flexibility index (Phi) is 6.40. The Hall–Kier alpha value is -1.92. The van der Waals surface area contributed by atoms with Crippen LogP contribution in [0, 0.1) is 11.3 Å². The second kappa shape index (κ2) is 8.62. The minimum atomic E-state index is -1.09. The van der Waals surface area contributed by atoms with Gasteiger partial charge in [0.05, 0.1) is 6.10 Å². The van der Waals surface area contributed by atoms with E-state index < -0.39 is 17.5 Å². The van der Waals surface area contributed by atoms with E-state index in [4.69, 9.17) is 0 Å². The summed E-state index contributed by atoms with van der Waals surface area (Å²) in [5, 5.41) is 20.4. The van der Waals surface area contributed by atoms with Crippen LogP contribution >= 0.6 is 0 Å². The summed E-state index contributed by atoms with van der Waals surface area (Å²) in [5.41, 5.74) is 0.928. The van der Waals surface area contributed by atoms with Crippen molar-refractivity contribution in [2.75, 3.05) is 24.5 Å².